The Morgan fingerprint density at radius 2 is 1.83 bits per heavy atom. The van der Waals surface area contributed by atoms with Gasteiger partial charge >= 0.3 is 0 Å². The Balaban J connectivity index is 1.84. The Morgan fingerprint density at radius 3 is 2.52 bits per heavy atom. The van der Waals surface area contributed by atoms with Gasteiger partial charge in [0.25, 0.3) is 5.56 Å². The van der Waals surface area contributed by atoms with Crippen LogP contribution in [0.3, 0.4) is 0 Å². The van der Waals surface area contributed by atoms with Crippen LogP contribution in [0.4, 0.5) is 5.69 Å². The molecule has 0 bridgehead atoms. The molecule has 4 rings (SSSR count). The van der Waals surface area contributed by atoms with Crippen LogP contribution in [0.1, 0.15) is 37.6 Å². The number of carbonyl (C=O) groups excluding carboxylic acids is 1. The highest BCUT2D eigenvalue weighted by molar-refractivity contribution is 5.97. The van der Waals surface area contributed by atoms with Crippen molar-refractivity contribution in [1.29, 1.82) is 0 Å². The molecule has 0 aliphatic carbocycles. The van der Waals surface area contributed by atoms with E-state index in [1.807, 2.05) is 71.6 Å². The molecule has 0 fully saturated rings. The van der Waals surface area contributed by atoms with Gasteiger partial charge in [-0.3, -0.25) is 14.3 Å². The summed E-state index contributed by atoms with van der Waals surface area (Å²) < 4.78 is 3.82. The van der Waals surface area contributed by atoms with E-state index in [9.17, 15) is 9.59 Å². The van der Waals surface area contributed by atoms with Crippen molar-refractivity contribution in [2.45, 2.75) is 39.7 Å². The second kappa shape index (κ2) is 7.54. The van der Waals surface area contributed by atoms with E-state index >= 15 is 0 Å². The number of nitrogens with one attached hydrogen (secondary N) is 1. The predicted octanol–water partition coefficient (Wildman–Crippen LogP) is 4.11. The first-order valence-electron chi connectivity index (χ1n) is 9.93. The van der Waals surface area contributed by atoms with Crippen molar-refractivity contribution >= 4 is 28.1 Å². The van der Waals surface area contributed by atoms with Crippen LogP contribution >= 0.6 is 0 Å². The summed E-state index contributed by atoms with van der Waals surface area (Å²) in [6.07, 6.45) is 1.55. The lowest BCUT2D eigenvalue weighted by molar-refractivity contribution is -0.119. The van der Waals surface area contributed by atoms with Gasteiger partial charge < -0.3 is 5.32 Å². The van der Waals surface area contributed by atoms with Crippen LogP contribution in [0.25, 0.3) is 16.6 Å². The van der Waals surface area contributed by atoms with Crippen LogP contribution in [-0.2, 0) is 11.2 Å². The van der Waals surface area contributed by atoms with E-state index in [0.29, 0.717) is 12.1 Å². The molecule has 1 amide bonds. The average Bonchev–Trinajstić information content (AvgIpc) is 3.04. The van der Waals surface area contributed by atoms with Gasteiger partial charge in [0.1, 0.15) is 6.04 Å². The van der Waals surface area contributed by atoms with Crippen LogP contribution < -0.4 is 10.9 Å². The number of aromatic nitrogens is 3. The van der Waals surface area contributed by atoms with Crippen LogP contribution in [0.15, 0.2) is 59.4 Å². The first-order chi connectivity index (χ1) is 14.0. The number of hydrogen-bond donors (Lipinski definition) is 1. The lowest BCUT2D eigenvalue weighted by Gasteiger charge is -2.20. The van der Waals surface area contributed by atoms with Crippen molar-refractivity contribution in [1.82, 2.24) is 14.2 Å². The molecule has 2 aromatic heterocycles. The van der Waals surface area contributed by atoms with E-state index in [-0.39, 0.29) is 11.5 Å². The fraction of sp³-hybridized carbons (Fsp3) is 0.261. The summed E-state index contributed by atoms with van der Waals surface area (Å²) in [6.45, 7) is 5.94. The topological polar surface area (TPSA) is 68.4 Å². The third-order valence-electron chi connectivity index (χ3n) is 5.30. The highest BCUT2D eigenvalue weighted by Gasteiger charge is 2.24. The first kappa shape index (κ1) is 18.9. The molecule has 2 heterocycles. The molecule has 0 aliphatic heterocycles. The van der Waals surface area contributed by atoms with Gasteiger partial charge in [-0.15, -0.1) is 0 Å². The number of carbonyl (C=O) groups is 1. The minimum atomic E-state index is -0.453. The summed E-state index contributed by atoms with van der Waals surface area (Å²) >= 11 is 0. The maximum atomic E-state index is 13.2. The van der Waals surface area contributed by atoms with E-state index in [2.05, 4.69) is 17.2 Å². The van der Waals surface area contributed by atoms with Crippen molar-refractivity contribution in [3.63, 3.8) is 0 Å². The Morgan fingerprint density at radius 1 is 1.10 bits per heavy atom. The second-order valence-electron chi connectivity index (χ2n) is 7.20. The van der Waals surface area contributed by atoms with Crippen molar-refractivity contribution in [3.05, 3.63) is 76.2 Å². The minimum absolute atomic E-state index is 0.0995. The van der Waals surface area contributed by atoms with Gasteiger partial charge in [-0.25, -0.2) is 4.52 Å². The van der Waals surface area contributed by atoms with Gasteiger partial charge in [0.2, 0.25) is 5.91 Å². The second-order valence-corrected chi connectivity index (χ2v) is 7.20. The van der Waals surface area contributed by atoms with Gasteiger partial charge in [0.05, 0.1) is 5.52 Å². The maximum absolute atomic E-state index is 13.2. The molecule has 0 unspecified atom stereocenters. The number of para-hydroxylation sites is 1. The highest BCUT2D eigenvalue weighted by Crippen LogP contribution is 2.27. The molecule has 0 saturated heterocycles. The Kier molecular flexibility index (Phi) is 4.92. The molecule has 2 aromatic carbocycles. The van der Waals surface area contributed by atoms with Gasteiger partial charge in [-0.05, 0) is 49.6 Å². The molecule has 148 valence electrons. The number of anilines is 1. The summed E-state index contributed by atoms with van der Waals surface area (Å²) in [5.41, 5.74) is 3.91. The Hall–Kier alpha value is -3.41. The molecule has 1 N–H and O–H groups in total. The Bertz CT molecular complexity index is 1250. The van der Waals surface area contributed by atoms with E-state index < -0.39 is 6.04 Å². The van der Waals surface area contributed by atoms with Gasteiger partial charge in [0, 0.05) is 22.8 Å². The van der Waals surface area contributed by atoms with Crippen LogP contribution in [0.5, 0.6) is 0 Å². The molecular weight excluding hydrogens is 364 g/mol. The van der Waals surface area contributed by atoms with Crippen LogP contribution in [0.2, 0.25) is 0 Å². The Labute approximate surface area is 168 Å². The zero-order valence-corrected chi connectivity index (χ0v) is 16.8. The number of amides is 1. The molecular formula is C23H24N4O2. The molecule has 6 heteroatoms. The summed E-state index contributed by atoms with van der Waals surface area (Å²) in [4.78, 5) is 29.5. The van der Waals surface area contributed by atoms with Gasteiger partial charge in [0.15, 0.2) is 5.65 Å². The molecule has 0 radical (unpaired) electrons. The van der Waals surface area contributed by atoms with Crippen molar-refractivity contribution in [2.24, 2.45) is 0 Å². The SMILES string of the molecule is CCc1ccc(NC(=O)[C@H](CC)n2c3ccccc3c3nc(=O)cc(C)n32)cc1. The summed E-state index contributed by atoms with van der Waals surface area (Å²) in [5, 5.41) is 3.89. The number of nitrogens with zero attached hydrogens (tertiary/aromatic N) is 3. The van der Waals surface area contributed by atoms with Crippen molar-refractivity contribution in [2.75, 3.05) is 5.32 Å². The standard InChI is InChI=1S/C23H24N4O2/c1-4-16-10-12-17(13-11-16)24-23(29)19(5-2)27-20-9-7-6-8-18(20)22-25-21(28)14-15(3)26(22)27/h6-14,19H,4-5H2,1-3H3,(H,24,29)/t19-/m0/s1. The minimum Gasteiger partial charge on any atom is -0.324 e. The molecule has 6 nitrogen and oxygen atoms in total. The zero-order valence-electron chi connectivity index (χ0n) is 16.8. The van der Waals surface area contributed by atoms with Crippen LogP contribution in [-0.4, -0.2) is 20.1 Å². The number of benzene rings is 2. The average molecular weight is 388 g/mol. The molecule has 4 aromatic rings. The van der Waals surface area contributed by atoms with Crippen molar-refractivity contribution in [3.8, 4) is 0 Å². The van der Waals surface area contributed by atoms with E-state index in [4.69, 9.17) is 0 Å². The van der Waals surface area contributed by atoms with Crippen LogP contribution in [0, 0.1) is 6.92 Å². The first-order valence-corrected chi connectivity index (χ1v) is 9.93. The van der Waals surface area contributed by atoms with E-state index in [0.717, 1.165) is 28.7 Å². The lowest BCUT2D eigenvalue weighted by Crippen LogP contribution is -2.29. The number of fused-ring (bicyclic) bond motifs is 3. The molecule has 1 atom stereocenters. The van der Waals surface area contributed by atoms with E-state index in [1.165, 1.54) is 11.6 Å². The highest BCUT2D eigenvalue weighted by atomic mass is 16.2. The molecule has 0 spiro atoms. The van der Waals surface area contributed by atoms with Gasteiger partial charge in [-0.2, -0.15) is 4.98 Å². The normalized spacial score (nSPS) is 12.4. The molecule has 0 aliphatic rings. The monoisotopic (exact) mass is 388 g/mol. The zero-order chi connectivity index (χ0) is 20.5. The summed E-state index contributed by atoms with van der Waals surface area (Å²) in [6, 6.07) is 16.7. The fourth-order valence-corrected chi connectivity index (χ4v) is 3.83. The number of hydrogen-bond acceptors (Lipinski definition) is 3. The quantitative estimate of drug-likeness (QED) is 0.559. The molecule has 29 heavy (non-hydrogen) atoms. The number of aryl methyl sites for hydroxylation is 2. The summed E-state index contributed by atoms with van der Waals surface area (Å²) in [7, 11) is 0. The summed E-state index contributed by atoms with van der Waals surface area (Å²) in [5.74, 6) is -0.0995. The van der Waals surface area contributed by atoms with E-state index in [1.54, 1.807) is 0 Å². The fourth-order valence-electron chi connectivity index (χ4n) is 3.83. The third kappa shape index (κ3) is 3.31. The number of rotatable bonds is 5. The van der Waals surface area contributed by atoms with Gasteiger partial charge in [-0.1, -0.05) is 38.1 Å². The third-order valence-corrected chi connectivity index (χ3v) is 5.30. The largest absolute Gasteiger partial charge is 0.324 e. The van der Waals surface area contributed by atoms with Crippen molar-refractivity contribution < 1.29 is 4.79 Å². The predicted molar refractivity (Wildman–Crippen MR) is 115 cm³/mol. The molecule has 0 saturated carbocycles. The lowest BCUT2D eigenvalue weighted by atomic mass is 10.1. The maximum Gasteiger partial charge on any atom is 0.273 e. The smallest absolute Gasteiger partial charge is 0.273 e.